The van der Waals surface area contributed by atoms with Gasteiger partial charge in [-0.15, -0.1) is 0 Å². The van der Waals surface area contributed by atoms with E-state index in [1.54, 1.807) is 5.57 Å². The van der Waals surface area contributed by atoms with Crippen LogP contribution in [0, 0.1) is 5.41 Å². The molecule has 13 heavy (non-hydrogen) atoms. The Morgan fingerprint density at radius 3 is 2.69 bits per heavy atom. The van der Waals surface area contributed by atoms with Crippen LogP contribution in [-0.4, -0.2) is 5.78 Å². The van der Waals surface area contributed by atoms with Gasteiger partial charge in [-0.3, -0.25) is 4.79 Å². The van der Waals surface area contributed by atoms with Gasteiger partial charge in [0.05, 0.1) is 0 Å². The Morgan fingerprint density at radius 1 is 1.15 bits per heavy atom. The van der Waals surface area contributed by atoms with Crippen LogP contribution < -0.4 is 0 Å². The fraction of sp³-hybridized carbons (Fsp3) is 0.750. The zero-order valence-electron chi connectivity index (χ0n) is 8.65. The van der Waals surface area contributed by atoms with Crippen LogP contribution in [0.15, 0.2) is 11.1 Å². The Bertz CT molecular complexity index is 271. The summed E-state index contributed by atoms with van der Waals surface area (Å²) in [5.41, 5.74) is 3.47. The molecule has 72 valence electrons. The standard InChI is InChI=1S/C12H18O/c1-12(2)7-3-4-9-8-10(13)5-6-11(9)12/h3-8H2,1-2H3. The average Bonchev–Trinajstić information content (AvgIpc) is 2.02. The minimum absolute atomic E-state index is 0.383. The van der Waals surface area contributed by atoms with Gasteiger partial charge in [0.2, 0.25) is 0 Å². The van der Waals surface area contributed by atoms with Crippen molar-refractivity contribution in [1.29, 1.82) is 0 Å². The summed E-state index contributed by atoms with van der Waals surface area (Å²) < 4.78 is 0. The highest BCUT2D eigenvalue weighted by Crippen LogP contribution is 2.45. The van der Waals surface area contributed by atoms with Crippen LogP contribution in [0.4, 0.5) is 0 Å². The molecule has 0 heterocycles. The predicted molar refractivity (Wildman–Crippen MR) is 53.5 cm³/mol. The molecule has 0 aromatic rings. The van der Waals surface area contributed by atoms with E-state index < -0.39 is 0 Å². The van der Waals surface area contributed by atoms with Crippen molar-refractivity contribution in [3.8, 4) is 0 Å². The molecule has 0 aromatic carbocycles. The molecule has 0 fully saturated rings. The number of ketones is 1. The van der Waals surface area contributed by atoms with Gasteiger partial charge in [0.1, 0.15) is 5.78 Å². The van der Waals surface area contributed by atoms with Crippen molar-refractivity contribution in [3.63, 3.8) is 0 Å². The third-order valence-corrected chi connectivity index (χ3v) is 3.59. The average molecular weight is 178 g/mol. The first-order valence-corrected chi connectivity index (χ1v) is 5.33. The highest BCUT2D eigenvalue weighted by atomic mass is 16.1. The molecule has 2 aliphatic carbocycles. The fourth-order valence-electron chi connectivity index (χ4n) is 2.83. The monoisotopic (exact) mass is 178 g/mol. The fourth-order valence-corrected chi connectivity index (χ4v) is 2.83. The van der Waals surface area contributed by atoms with E-state index in [9.17, 15) is 4.79 Å². The molecule has 0 N–H and O–H groups in total. The van der Waals surface area contributed by atoms with E-state index in [2.05, 4.69) is 13.8 Å². The van der Waals surface area contributed by atoms with Crippen LogP contribution in [-0.2, 0) is 4.79 Å². The number of rotatable bonds is 0. The SMILES string of the molecule is CC1(C)CCCC2=C1CCC(=O)C2. The smallest absolute Gasteiger partial charge is 0.137 e. The van der Waals surface area contributed by atoms with Crippen LogP contribution >= 0.6 is 0 Å². The summed E-state index contributed by atoms with van der Waals surface area (Å²) in [6.45, 7) is 4.66. The van der Waals surface area contributed by atoms with Gasteiger partial charge < -0.3 is 0 Å². The quantitative estimate of drug-likeness (QED) is 0.520. The van der Waals surface area contributed by atoms with Crippen LogP contribution in [0.25, 0.3) is 0 Å². The predicted octanol–water partition coefficient (Wildman–Crippen LogP) is 3.25. The summed E-state index contributed by atoms with van der Waals surface area (Å²) >= 11 is 0. The van der Waals surface area contributed by atoms with Crippen molar-refractivity contribution >= 4 is 5.78 Å². The summed E-state index contributed by atoms with van der Waals surface area (Å²) in [4.78, 5) is 11.3. The van der Waals surface area contributed by atoms with Gasteiger partial charge in [0, 0.05) is 12.8 Å². The Labute approximate surface area is 80.2 Å². The molecule has 0 aromatic heterocycles. The molecular weight excluding hydrogens is 160 g/mol. The molecule has 0 aliphatic heterocycles. The minimum Gasteiger partial charge on any atom is -0.299 e. The molecule has 0 atom stereocenters. The van der Waals surface area contributed by atoms with Crippen LogP contribution in [0.2, 0.25) is 0 Å². The highest BCUT2D eigenvalue weighted by Gasteiger charge is 2.32. The van der Waals surface area contributed by atoms with E-state index >= 15 is 0 Å². The molecule has 2 rings (SSSR count). The lowest BCUT2D eigenvalue weighted by atomic mass is 9.68. The van der Waals surface area contributed by atoms with Crippen molar-refractivity contribution in [2.24, 2.45) is 5.41 Å². The van der Waals surface area contributed by atoms with Crippen molar-refractivity contribution in [2.75, 3.05) is 0 Å². The molecule has 2 aliphatic rings. The maximum Gasteiger partial charge on any atom is 0.137 e. The minimum atomic E-state index is 0.383. The first-order valence-electron chi connectivity index (χ1n) is 5.33. The number of carbonyl (C=O) groups excluding carboxylic acids is 1. The van der Waals surface area contributed by atoms with Crippen molar-refractivity contribution < 1.29 is 4.79 Å². The molecule has 0 saturated carbocycles. The van der Waals surface area contributed by atoms with Gasteiger partial charge in [0.15, 0.2) is 0 Å². The lowest BCUT2D eigenvalue weighted by molar-refractivity contribution is -0.118. The third kappa shape index (κ3) is 1.56. The molecule has 0 radical (unpaired) electrons. The molecular formula is C12H18O. The molecule has 0 amide bonds. The van der Waals surface area contributed by atoms with Gasteiger partial charge in [-0.25, -0.2) is 0 Å². The second-order valence-corrected chi connectivity index (χ2v) is 5.03. The van der Waals surface area contributed by atoms with E-state index in [0.717, 1.165) is 19.3 Å². The number of hydrogen-bond donors (Lipinski definition) is 0. The third-order valence-electron chi connectivity index (χ3n) is 3.59. The lowest BCUT2D eigenvalue weighted by Gasteiger charge is -2.37. The number of carbonyl (C=O) groups is 1. The van der Waals surface area contributed by atoms with Crippen molar-refractivity contribution in [2.45, 2.75) is 52.4 Å². The summed E-state index contributed by atoms with van der Waals surface area (Å²) in [7, 11) is 0. The molecule has 1 nitrogen and oxygen atoms in total. The largest absolute Gasteiger partial charge is 0.299 e. The first-order chi connectivity index (χ1) is 6.09. The second-order valence-electron chi connectivity index (χ2n) is 5.03. The summed E-state index contributed by atoms with van der Waals surface area (Å²) in [5.74, 6) is 0.455. The first kappa shape index (κ1) is 8.98. The molecule has 0 unspecified atom stereocenters. The maximum atomic E-state index is 11.3. The normalized spacial score (nSPS) is 27.4. The Balaban J connectivity index is 2.33. The van der Waals surface area contributed by atoms with Gasteiger partial charge in [-0.2, -0.15) is 0 Å². The number of Topliss-reactive ketones (excluding diaryl/α,β-unsaturated/α-hetero) is 1. The Hall–Kier alpha value is -0.590. The van der Waals surface area contributed by atoms with Gasteiger partial charge >= 0.3 is 0 Å². The molecule has 0 saturated heterocycles. The maximum absolute atomic E-state index is 11.3. The second kappa shape index (κ2) is 2.97. The van der Waals surface area contributed by atoms with Gasteiger partial charge in [0.25, 0.3) is 0 Å². The molecule has 0 bridgehead atoms. The Kier molecular flexibility index (Phi) is 2.05. The number of allylic oxidation sites excluding steroid dienone is 2. The lowest BCUT2D eigenvalue weighted by Crippen LogP contribution is -2.25. The van der Waals surface area contributed by atoms with Crippen LogP contribution in [0.3, 0.4) is 0 Å². The van der Waals surface area contributed by atoms with Crippen LogP contribution in [0.5, 0.6) is 0 Å². The zero-order valence-corrected chi connectivity index (χ0v) is 8.65. The van der Waals surface area contributed by atoms with Gasteiger partial charge in [-0.05, 0) is 31.1 Å². The topological polar surface area (TPSA) is 17.1 Å². The van der Waals surface area contributed by atoms with E-state index in [4.69, 9.17) is 0 Å². The van der Waals surface area contributed by atoms with Crippen molar-refractivity contribution in [3.05, 3.63) is 11.1 Å². The van der Waals surface area contributed by atoms with Gasteiger partial charge in [-0.1, -0.05) is 25.0 Å². The van der Waals surface area contributed by atoms with E-state index in [1.807, 2.05) is 0 Å². The summed E-state index contributed by atoms with van der Waals surface area (Å²) in [6, 6.07) is 0. The van der Waals surface area contributed by atoms with Crippen molar-refractivity contribution in [1.82, 2.24) is 0 Å². The van der Waals surface area contributed by atoms with E-state index in [1.165, 1.54) is 24.8 Å². The van der Waals surface area contributed by atoms with E-state index in [0.29, 0.717) is 11.2 Å². The Morgan fingerprint density at radius 2 is 1.92 bits per heavy atom. The highest BCUT2D eigenvalue weighted by molar-refractivity contribution is 5.82. The molecule has 1 heteroatoms. The molecule has 0 spiro atoms. The summed E-state index contributed by atoms with van der Waals surface area (Å²) in [5, 5.41) is 0. The zero-order chi connectivity index (χ0) is 9.47. The summed E-state index contributed by atoms with van der Waals surface area (Å²) in [6.07, 6.45) is 6.37. The number of hydrogen-bond acceptors (Lipinski definition) is 1. The van der Waals surface area contributed by atoms with E-state index in [-0.39, 0.29) is 0 Å². The van der Waals surface area contributed by atoms with Crippen LogP contribution in [0.1, 0.15) is 52.4 Å².